The molecule has 0 bridgehead atoms. The van der Waals surface area contributed by atoms with Crippen LogP contribution in [0.25, 0.3) is 0 Å². The monoisotopic (exact) mass is 359 g/mol. The molecule has 134 valence electrons. The molecule has 0 unspecified atom stereocenters. The van der Waals surface area contributed by atoms with Gasteiger partial charge in [-0.1, -0.05) is 31.0 Å². The van der Waals surface area contributed by atoms with Crippen molar-refractivity contribution in [2.45, 2.75) is 92.6 Å². The lowest BCUT2D eigenvalue weighted by molar-refractivity contribution is -0.121. The summed E-state index contributed by atoms with van der Waals surface area (Å²) in [7, 11) is 0. The first kappa shape index (κ1) is 16.9. The number of carbonyl (C=O) groups excluding carboxylic acids is 1. The van der Waals surface area contributed by atoms with Gasteiger partial charge in [0.25, 0.3) is 0 Å². The van der Waals surface area contributed by atoms with E-state index in [0.29, 0.717) is 12.0 Å². The van der Waals surface area contributed by atoms with E-state index in [1.54, 1.807) is 0 Å². The summed E-state index contributed by atoms with van der Waals surface area (Å²) in [4.78, 5) is 12.7. The van der Waals surface area contributed by atoms with Gasteiger partial charge in [-0.05, 0) is 45.4 Å². The minimum Gasteiger partial charge on any atom is -0.337 e. The lowest BCUT2D eigenvalue weighted by atomic mass is 9.83. The minimum absolute atomic E-state index is 0.0632. The summed E-state index contributed by atoms with van der Waals surface area (Å²) in [6, 6.07) is 2.88. The number of rotatable bonds is 6. The highest BCUT2D eigenvalue weighted by Gasteiger charge is 2.38. The van der Waals surface area contributed by atoms with Gasteiger partial charge in [-0.2, -0.15) is 5.26 Å². The molecule has 1 N–H and O–H groups in total. The van der Waals surface area contributed by atoms with E-state index in [4.69, 9.17) is 0 Å². The van der Waals surface area contributed by atoms with Gasteiger partial charge >= 0.3 is 0 Å². The Bertz CT molecular complexity index is 695. The molecule has 0 aromatic carbocycles. The maximum absolute atomic E-state index is 12.7. The molecule has 3 saturated carbocycles. The fourth-order valence-electron chi connectivity index (χ4n) is 3.63. The standard InChI is InChI=1S/C18H25N5OS/c1-12(16(24)20-18(11-19)9-3-2-4-10-18)25-17-22-21-15(13-5-6-13)23(17)14-7-8-14/h12-14H,2-10H2,1H3,(H,20,24)/t12-/m0/s1. The minimum atomic E-state index is -0.673. The number of nitrogens with zero attached hydrogens (tertiary/aromatic N) is 4. The first-order chi connectivity index (χ1) is 12.1. The molecule has 4 rings (SSSR count). The largest absolute Gasteiger partial charge is 0.337 e. The number of carbonyl (C=O) groups is 1. The van der Waals surface area contributed by atoms with Gasteiger partial charge in [0.2, 0.25) is 5.91 Å². The zero-order chi connectivity index (χ0) is 17.4. The number of amides is 1. The van der Waals surface area contributed by atoms with Gasteiger partial charge in [0, 0.05) is 12.0 Å². The molecular formula is C18H25N5OS. The van der Waals surface area contributed by atoms with Crippen LogP contribution in [0.15, 0.2) is 5.16 Å². The molecule has 0 spiro atoms. The van der Waals surface area contributed by atoms with E-state index in [0.717, 1.165) is 43.1 Å². The van der Waals surface area contributed by atoms with Crippen LogP contribution in [0.5, 0.6) is 0 Å². The highest BCUT2D eigenvalue weighted by molar-refractivity contribution is 8.00. The van der Waals surface area contributed by atoms with Crippen LogP contribution in [0.2, 0.25) is 0 Å². The quantitative estimate of drug-likeness (QED) is 0.788. The Balaban J connectivity index is 1.44. The van der Waals surface area contributed by atoms with Gasteiger partial charge in [0.15, 0.2) is 5.16 Å². The highest BCUT2D eigenvalue weighted by atomic mass is 32.2. The van der Waals surface area contributed by atoms with E-state index in [9.17, 15) is 10.1 Å². The van der Waals surface area contributed by atoms with Crippen molar-refractivity contribution in [3.63, 3.8) is 0 Å². The molecule has 1 amide bonds. The van der Waals surface area contributed by atoms with E-state index in [2.05, 4.69) is 26.2 Å². The molecule has 25 heavy (non-hydrogen) atoms. The van der Waals surface area contributed by atoms with Crippen molar-refractivity contribution in [2.75, 3.05) is 0 Å². The third-order valence-electron chi connectivity index (χ3n) is 5.48. The Morgan fingerprint density at radius 2 is 2.00 bits per heavy atom. The highest BCUT2D eigenvalue weighted by Crippen LogP contribution is 2.46. The molecular weight excluding hydrogens is 334 g/mol. The fourth-order valence-corrected chi connectivity index (χ4v) is 4.56. The van der Waals surface area contributed by atoms with E-state index in [1.807, 2.05) is 6.92 Å². The molecule has 1 heterocycles. The third-order valence-corrected chi connectivity index (χ3v) is 6.54. The molecule has 1 aromatic rings. The Kier molecular flexibility index (Phi) is 4.48. The molecule has 0 radical (unpaired) electrons. The maximum Gasteiger partial charge on any atom is 0.234 e. The van der Waals surface area contributed by atoms with E-state index < -0.39 is 5.54 Å². The van der Waals surface area contributed by atoms with E-state index >= 15 is 0 Å². The number of nitrogens with one attached hydrogen (secondary N) is 1. The van der Waals surface area contributed by atoms with Crippen LogP contribution in [-0.4, -0.2) is 31.5 Å². The molecule has 0 saturated heterocycles. The molecule has 3 fully saturated rings. The molecule has 1 atom stereocenters. The lowest BCUT2D eigenvalue weighted by Crippen LogP contribution is -2.51. The van der Waals surface area contributed by atoms with Crippen LogP contribution in [0.4, 0.5) is 0 Å². The van der Waals surface area contributed by atoms with Crippen LogP contribution in [0, 0.1) is 11.3 Å². The predicted octanol–water partition coefficient (Wildman–Crippen LogP) is 3.31. The molecule has 7 heteroatoms. The number of thioether (sulfide) groups is 1. The van der Waals surface area contributed by atoms with Crippen molar-refractivity contribution in [3.8, 4) is 6.07 Å². The average molecular weight is 359 g/mol. The first-order valence-electron chi connectivity index (χ1n) is 9.46. The topological polar surface area (TPSA) is 83.6 Å². The molecule has 3 aliphatic rings. The van der Waals surface area contributed by atoms with Crippen molar-refractivity contribution in [1.82, 2.24) is 20.1 Å². The van der Waals surface area contributed by atoms with Crippen LogP contribution in [0.3, 0.4) is 0 Å². The van der Waals surface area contributed by atoms with Gasteiger partial charge < -0.3 is 9.88 Å². The normalized spacial score (nSPS) is 23.7. The van der Waals surface area contributed by atoms with Gasteiger partial charge in [-0.3, -0.25) is 4.79 Å². The van der Waals surface area contributed by atoms with Crippen LogP contribution in [0.1, 0.15) is 82.5 Å². The van der Waals surface area contributed by atoms with Crippen molar-refractivity contribution >= 4 is 17.7 Å². The smallest absolute Gasteiger partial charge is 0.234 e. The summed E-state index contributed by atoms with van der Waals surface area (Å²) in [5.41, 5.74) is -0.673. The van der Waals surface area contributed by atoms with Gasteiger partial charge in [0.05, 0.1) is 11.3 Å². The second kappa shape index (κ2) is 6.64. The zero-order valence-corrected chi connectivity index (χ0v) is 15.5. The number of hydrogen-bond acceptors (Lipinski definition) is 5. The summed E-state index contributed by atoms with van der Waals surface area (Å²) in [5.74, 6) is 1.61. The number of nitriles is 1. The molecule has 6 nitrogen and oxygen atoms in total. The Hall–Kier alpha value is -1.55. The first-order valence-corrected chi connectivity index (χ1v) is 10.3. The van der Waals surface area contributed by atoms with E-state index in [-0.39, 0.29) is 11.2 Å². The summed E-state index contributed by atoms with van der Waals surface area (Å²) in [6.45, 7) is 1.90. The molecule has 3 aliphatic carbocycles. The van der Waals surface area contributed by atoms with Gasteiger partial charge in [-0.15, -0.1) is 10.2 Å². The van der Waals surface area contributed by atoms with Crippen LogP contribution in [-0.2, 0) is 4.79 Å². The Labute approximate surface area is 152 Å². The second-order valence-electron chi connectivity index (χ2n) is 7.72. The molecule has 1 aromatic heterocycles. The Morgan fingerprint density at radius 3 is 2.60 bits per heavy atom. The molecule has 0 aliphatic heterocycles. The summed E-state index contributed by atoms with van der Waals surface area (Å²) in [5, 5.41) is 22.0. The van der Waals surface area contributed by atoms with Crippen molar-refractivity contribution < 1.29 is 4.79 Å². The average Bonchev–Trinajstić information content (AvgIpc) is 3.55. The van der Waals surface area contributed by atoms with Crippen molar-refractivity contribution in [3.05, 3.63) is 5.82 Å². The van der Waals surface area contributed by atoms with E-state index in [1.165, 1.54) is 37.4 Å². The van der Waals surface area contributed by atoms with Crippen LogP contribution >= 0.6 is 11.8 Å². The second-order valence-corrected chi connectivity index (χ2v) is 9.03. The maximum atomic E-state index is 12.7. The number of aromatic nitrogens is 3. The van der Waals surface area contributed by atoms with Crippen molar-refractivity contribution in [1.29, 1.82) is 5.26 Å². The third kappa shape index (κ3) is 3.55. The Morgan fingerprint density at radius 1 is 1.28 bits per heavy atom. The summed E-state index contributed by atoms with van der Waals surface area (Å²) in [6.07, 6.45) is 9.47. The predicted molar refractivity (Wildman–Crippen MR) is 95.2 cm³/mol. The van der Waals surface area contributed by atoms with Crippen molar-refractivity contribution in [2.24, 2.45) is 0 Å². The SMILES string of the molecule is C[C@H](Sc1nnc(C2CC2)n1C1CC1)C(=O)NC1(C#N)CCCCC1. The number of hydrogen-bond donors (Lipinski definition) is 1. The zero-order valence-electron chi connectivity index (χ0n) is 14.7. The fraction of sp³-hybridized carbons (Fsp3) is 0.778. The van der Waals surface area contributed by atoms with Crippen LogP contribution < -0.4 is 5.32 Å². The summed E-state index contributed by atoms with van der Waals surface area (Å²) < 4.78 is 2.27. The van der Waals surface area contributed by atoms with Gasteiger partial charge in [0.1, 0.15) is 11.4 Å². The van der Waals surface area contributed by atoms with Gasteiger partial charge in [-0.25, -0.2) is 0 Å². The lowest BCUT2D eigenvalue weighted by Gasteiger charge is -2.32. The summed E-state index contributed by atoms with van der Waals surface area (Å²) >= 11 is 1.48.